The molecule has 0 aromatic carbocycles. The number of nitrogens with one attached hydrogen (secondary N) is 1. The van der Waals surface area contributed by atoms with Crippen molar-refractivity contribution in [3.63, 3.8) is 0 Å². The van der Waals surface area contributed by atoms with E-state index in [0.717, 1.165) is 44.4 Å². The van der Waals surface area contributed by atoms with Crippen LogP contribution in [-0.4, -0.2) is 53.0 Å². The first-order chi connectivity index (χ1) is 14.4. The summed E-state index contributed by atoms with van der Waals surface area (Å²) >= 11 is 1.85. The minimum absolute atomic E-state index is 0.0891. The molecule has 0 unspecified atom stereocenters. The highest BCUT2D eigenvalue weighted by molar-refractivity contribution is 7.12. The second-order valence-corrected chi connectivity index (χ2v) is 10.4. The summed E-state index contributed by atoms with van der Waals surface area (Å²) in [7, 11) is 0. The lowest BCUT2D eigenvalue weighted by Gasteiger charge is -2.21. The Kier molecular flexibility index (Phi) is 6.39. The Bertz CT molecular complexity index is 889. The second kappa shape index (κ2) is 9.02. The largest absolute Gasteiger partial charge is 0.354 e. The van der Waals surface area contributed by atoms with Crippen LogP contribution in [0.5, 0.6) is 0 Å². The third-order valence-electron chi connectivity index (χ3n) is 6.13. The average molecular weight is 428 g/mol. The number of nitrogens with zero attached hydrogens (tertiary/aromatic N) is 4. The van der Waals surface area contributed by atoms with Crippen LogP contribution in [0.1, 0.15) is 53.6 Å². The summed E-state index contributed by atoms with van der Waals surface area (Å²) in [4.78, 5) is 29.9. The van der Waals surface area contributed by atoms with Gasteiger partial charge in [0.25, 0.3) is 0 Å². The van der Waals surface area contributed by atoms with Gasteiger partial charge in [0.05, 0.1) is 11.6 Å². The number of aryl methyl sites for hydroxylation is 2. The van der Waals surface area contributed by atoms with Gasteiger partial charge in [-0.2, -0.15) is 0 Å². The fourth-order valence-corrected chi connectivity index (χ4v) is 5.63. The van der Waals surface area contributed by atoms with E-state index < -0.39 is 0 Å². The molecule has 4 heterocycles. The molecule has 2 aromatic rings. The number of aromatic nitrogens is 2. The molecule has 0 aliphatic carbocycles. The fourth-order valence-electron chi connectivity index (χ4n) is 4.69. The van der Waals surface area contributed by atoms with Crippen molar-refractivity contribution in [1.82, 2.24) is 20.2 Å². The number of carbonyl (C=O) groups excluding carboxylic acids is 1. The van der Waals surface area contributed by atoms with E-state index in [0.29, 0.717) is 0 Å². The summed E-state index contributed by atoms with van der Waals surface area (Å²) in [5, 5.41) is 3.14. The average Bonchev–Trinajstić information content (AvgIpc) is 3.43. The Labute approximate surface area is 183 Å². The standard InChI is InChI=1S/C23H33N5OS/c1-15(2)25-22(29)20-14-27(12-18-11-16(3)30-17(18)4)13-19(20)21-7-8-24-23(26-21)28-9-5-6-10-28/h7-8,11,15,19-20H,5-6,9-10,12-14H2,1-4H3,(H,25,29)/t19-,20-/m0/s1. The molecular weight excluding hydrogens is 394 g/mol. The fraction of sp³-hybridized carbons (Fsp3) is 0.609. The van der Waals surface area contributed by atoms with Gasteiger partial charge in [0, 0.05) is 60.6 Å². The lowest BCUT2D eigenvalue weighted by molar-refractivity contribution is -0.125. The third-order valence-corrected chi connectivity index (χ3v) is 7.14. The van der Waals surface area contributed by atoms with Crippen molar-refractivity contribution >= 4 is 23.2 Å². The van der Waals surface area contributed by atoms with E-state index in [1.54, 1.807) is 0 Å². The predicted octanol–water partition coefficient (Wildman–Crippen LogP) is 3.50. The van der Waals surface area contributed by atoms with Crippen LogP contribution in [0.4, 0.5) is 5.95 Å². The summed E-state index contributed by atoms with van der Waals surface area (Å²) in [6.45, 7) is 12.9. The van der Waals surface area contributed by atoms with E-state index in [9.17, 15) is 4.79 Å². The molecular formula is C23H33N5OS. The summed E-state index contributed by atoms with van der Waals surface area (Å²) in [6, 6.07) is 4.43. The van der Waals surface area contributed by atoms with Crippen LogP contribution in [-0.2, 0) is 11.3 Å². The van der Waals surface area contributed by atoms with Crippen molar-refractivity contribution in [1.29, 1.82) is 0 Å². The van der Waals surface area contributed by atoms with Crippen LogP contribution in [0.2, 0.25) is 0 Å². The third kappa shape index (κ3) is 4.67. The van der Waals surface area contributed by atoms with Gasteiger partial charge in [-0.25, -0.2) is 9.97 Å². The summed E-state index contributed by atoms with van der Waals surface area (Å²) in [6.07, 6.45) is 4.26. The van der Waals surface area contributed by atoms with Gasteiger partial charge in [0.15, 0.2) is 0 Å². The molecule has 0 bridgehead atoms. The van der Waals surface area contributed by atoms with Crippen molar-refractivity contribution in [2.75, 3.05) is 31.1 Å². The molecule has 2 aromatic heterocycles. The second-order valence-electron chi connectivity index (χ2n) is 8.98. The molecule has 162 valence electrons. The molecule has 4 rings (SSSR count). The van der Waals surface area contributed by atoms with Crippen LogP contribution in [0.15, 0.2) is 18.3 Å². The monoisotopic (exact) mass is 427 g/mol. The molecule has 2 saturated heterocycles. The van der Waals surface area contributed by atoms with E-state index in [4.69, 9.17) is 4.98 Å². The smallest absolute Gasteiger partial charge is 0.225 e. The van der Waals surface area contributed by atoms with E-state index in [1.807, 2.05) is 37.4 Å². The molecule has 2 aliphatic rings. The molecule has 0 saturated carbocycles. The molecule has 6 nitrogen and oxygen atoms in total. The molecule has 7 heteroatoms. The van der Waals surface area contributed by atoms with E-state index in [1.165, 1.54) is 28.2 Å². The number of thiophene rings is 1. The first-order valence-corrected chi connectivity index (χ1v) is 11.9. The van der Waals surface area contributed by atoms with Gasteiger partial charge in [-0.3, -0.25) is 9.69 Å². The van der Waals surface area contributed by atoms with E-state index >= 15 is 0 Å². The number of carbonyl (C=O) groups is 1. The lowest BCUT2D eigenvalue weighted by atomic mass is 9.91. The Balaban J connectivity index is 1.57. The number of hydrogen-bond donors (Lipinski definition) is 1. The van der Waals surface area contributed by atoms with Crippen molar-refractivity contribution < 1.29 is 4.79 Å². The molecule has 0 radical (unpaired) electrons. The number of anilines is 1. The van der Waals surface area contributed by atoms with Crippen LogP contribution in [0.3, 0.4) is 0 Å². The Morgan fingerprint density at radius 2 is 2.03 bits per heavy atom. The zero-order valence-corrected chi connectivity index (χ0v) is 19.3. The molecule has 2 fully saturated rings. The van der Waals surface area contributed by atoms with Gasteiger partial charge in [0.1, 0.15) is 0 Å². The first-order valence-electron chi connectivity index (χ1n) is 11.1. The number of rotatable bonds is 6. The highest BCUT2D eigenvalue weighted by Crippen LogP contribution is 2.34. The number of likely N-dealkylation sites (tertiary alicyclic amines) is 1. The molecule has 30 heavy (non-hydrogen) atoms. The highest BCUT2D eigenvalue weighted by Gasteiger charge is 2.39. The minimum atomic E-state index is -0.0891. The zero-order valence-electron chi connectivity index (χ0n) is 18.5. The number of amides is 1. The Morgan fingerprint density at radius 1 is 1.27 bits per heavy atom. The van der Waals surface area contributed by atoms with Gasteiger partial charge in [-0.15, -0.1) is 11.3 Å². The molecule has 0 spiro atoms. The Hall–Kier alpha value is -1.99. The quantitative estimate of drug-likeness (QED) is 0.765. The van der Waals surface area contributed by atoms with Gasteiger partial charge >= 0.3 is 0 Å². The molecule has 1 N–H and O–H groups in total. The van der Waals surface area contributed by atoms with Crippen LogP contribution >= 0.6 is 11.3 Å². The van der Waals surface area contributed by atoms with Gasteiger partial charge in [-0.1, -0.05) is 0 Å². The van der Waals surface area contributed by atoms with Crippen molar-refractivity contribution in [2.24, 2.45) is 5.92 Å². The molecule has 2 aliphatic heterocycles. The topological polar surface area (TPSA) is 61.4 Å². The predicted molar refractivity (Wildman–Crippen MR) is 122 cm³/mol. The normalized spacial score (nSPS) is 22.2. The van der Waals surface area contributed by atoms with Gasteiger partial charge in [0.2, 0.25) is 11.9 Å². The maximum absolute atomic E-state index is 13.1. The first kappa shape index (κ1) is 21.2. The summed E-state index contributed by atoms with van der Waals surface area (Å²) < 4.78 is 0. The molecule has 2 atom stereocenters. The molecule has 1 amide bonds. The van der Waals surface area contributed by atoms with Crippen molar-refractivity contribution in [3.05, 3.63) is 39.3 Å². The van der Waals surface area contributed by atoms with Crippen LogP contribution in [0.25, 0.3) is 0 Å². The minimum Gasteiger partial charge on any atom is -0.354 e. The summed E-state index contributed by atoms with van der Waals surface area (Å²) in [5.74, 6) is 0.953. The number of hydrogen-bond acceptors (Lipinski definition) is 6. The van der Waals surface area contributed by atoms with Crippen molar-refractivity contribution in [3.8, 4) is 0 Å². The van der Waals surface area contributed by atoms with Crippen molar-refractivity contribution in [2.45, 2.75) is 59.0 Å². The van der Waals surface area contributed by atoms with Crippen LogP contribution in [0, 0.1) is 19.8 Å². The van der Waals surface area contributed by atoms with E-state index in [-0.39, 0.29) is 23.8 Å². The van der Waals surface area contributed by atoms with Gasteiger partial charge < -0.3 is 10.2 Å². The van der Waals surface area contributed by atoms with E-state index in [2.05, 4.69) is 40.0 Å². The highest BCUT2D eigenvalue weighted by atomic mass is 32.1. The van der Waals surface area contributed by atoms with Crippen LogP contribution < -0.4 is 10.2 Å². The lowest BCUT2D eigenvalue weighted by Crippen LogP contribution is -2.38. The maximum atomic E-state index is 13.1. The summed E-state index contributed by atoms with van der Waals surface area (Å²) in [5.41, 5.74) is 2.37. The maximum Gasteiger partial charge on any atom is 0.225 e. The SMILES string of the molecule is Cc1cc(CN2C[C@H](C(=O)NC(C)C)[C@@H](c3ccnc(N4CCCC4)n3)C2)c(C)s1. The Morgan fingerprint density at radius 3 is 2.70 bits per heavy atom. The zero-order chi connectivity index (χ0) is 21.3. The van der Waals surface area contributed by atoms with Gasteiger partial charge in [-0.05, 0) is 58.2 Å².